The Bertz CT molecular complexity index is 449. The summed E-state index contributed by atoms with van der Waals surface area (Å²) in [7, 11) is 0. The second kappa shape index (κ2) is 3.18. The van der Waals surface area contributed by atoms with Crippen LogP contribution in [0.5, 0.6) is 0 Å². The van der Waals surface area contributed by atoms with Crippen LogP contribution in [0, 0.1) is 0 Å². The van der Waals surface area contributed by atoms with Gasteiger partial charge in [0, 0.05) is 6.42 Å². The van der Waals surface area contributed by atoms with Crippen LogP contribution in [0.4, 0.5) is 0 Å². The first-order chi connectivity index (χ1) is 7.00. The molecule has 4 nitrogen and oxygen atoms in total. The van der Waals surface area contributed by atoms with Gasteiger partial charge in [0.1, 0.15) is 0 Å². The third-order valence-electron chi connectivity index (χ3n) is 2.49. The first kappa shape index (κ1) is 9.89. The van der Waals surface area contributed by atoms with E-state index in [-0.39, 0.29) is 12.0 Å². The number of primary amides is 1. The van der Waals surface area contributed by atoms with E-state index in [0.29, 0.717) is 0 Å². The Morgan fingerprint density at radius 1 is 1.33 bits per heavy atom. The monoisotopic (exact) mass is 205 g/mol. The van der Waals surface area contributed by atoms with Crippen molar-refractivity contribution in [1.82, 2.24) is 0 Å². The number of fused-ring (bicyclic) bond motifs is 1. The summed E-state index contributed by atoms with van der Waals surface area (Å²) in [5, 5.41) is 19.3. The molecule has 0 bridgehead atoms. The Morgan fingerprint density at radius 3 is 2.67 bits per heavy atom. The highest BCUT2D eigenvalue weighted by molar-refractivity contribution is 5.99. The highest BCUT2D eigenvalue weighted by atomic mass is 16.5. The highest BCUT2D eigenvalue weighted by Gasteiger charge is 2.36. The van der Waals surface area contributed by atoms with E-state index >= 15 is 0 Å². The Labute approximate surface area is 86.7 Å². The lowest BCUT2D eigenvalue weighted by atomic mass is 9.87. The molecule has 4 N–H and O–H groups in total. The Hall–Kier alpha value is -1.65. The first-order valence-corrected chi connectivity index (χ1v) is 4.55. The molecule has 0 saturated heterocycles. The van der Waals surface area contributed by atoms with Gasteiger partial charge >= 0.3 is 0 Å². The number of carbonyl (C=O) groups is 1. The van der Waals surface area contributed by atoms with Gasteiger partial charge in [-0.1, -0.05) is 24.3 Å². The van der Waals surface area contributed by atoms with Gasteiger partial charge in [0.05, 0.1) is 5.57 Å². The van der Waals surface area contributed by atoms with Gasteiger partial charge in [-0.25, -0.2) is 0 Å². The minimum absolute atomic E-state index is 0.0159. The third kappa shape index (κ3) is 1.65. The van der Waals surface area contributed by atoms with Crippen molar-refractivity contribution >= 4 is 12.0 Å². The number of rotatable bonds is 1. The number of nitrogens with two attached hydrogens (primary N) is 1. The van der Waals surface area contributed by atoms with E-state index in [4.69, 9.17) is 5.73 Å². The average molecular weight is 205 g/mol. The molecule has 0 heterocycles. The zero-order chi connectivity index (χ0) is 11.1. The summed E-state index contributed by atoms with van der Waals surface area (Å²) in [6.45, 7) is 0. The van der Waals surface area contributed by atoms with Gasteiger partial charge in [-0.05, 0) is 17.2 Å². The molecule has 4 heteroatoms. The van der Waals surface area contributed by atoms with Gasteiger partial charge in [-0.3, -0.25) is 4.79 Å². The van der Waals surface area contributed by atoms with Gasteiger partial charge in [0.25, 0.3) is 0 Å². The number of hydrogen-bond acceptors (Lipinski definition) is 3. The minimum atomic E-state index is -2.15. The largest absolute Gasteiger partial charge is 0.366 e. The van der Waals surface area contributed by atoms with E-state index in [1.54, 1.807) is 18.2 Å². The molecule has 0 spiro atoms. The molecule has 2 rings (SSSR count). The van der Waals surface area contributed by atoms with Crippen molar-refractivity contribution in [3.63, 3.8) is 0 Å². The van der Waals surface area contributed by atoms with Crippen molar-refractivity contribution in [2.75, 3.05) is 0 Å². The maximum Gasteiger partial charge on any atom is 0.250 e. The fourth-order valence-corrected chi connectivity index (χ4v) is 1.74. The zero-order valence-electron chi connectivity index (χ0n) is 7.97. The molecule has 1 aliphatic carbocycles. The average Bonchev–Trinajstić information content (AvgIpc) is 2.14. The maximum absolute atomic E-state index is 11.0. The standard InChI is InChI=1S/C11H11NO3/c12-10(13)9-5-7-3-1-2-4-8(7)6-11(9,14)15/h1-5,14-15H,6H2,(H2,12,13). The van der Waals surface area contributed by atoms with Gasteiger partial charge in [0.15, 0.2) is 5.79 Å². The van der Waals surface area contributed by atoms with E-state index in [1.165, 1.54) is 6.08 Å². The lowest BCUT2D eigenvalue weighted by Crippen LogP contribution is -2.41. The molecular weight excluding hydrogens is 194 g/mol. The molecule has 0 aromatic heterocycles. The van der Waals surface area contributed by atoms with Crippen LogP contribution >= 0.6 is 0 Å². The van der Waals surface area contributed by atoms with Gasteiger partial charge < -0.3 is 15.9 Å². The Morgan fingerprint density at radius 2 is 2.00 bits per heavy atom. The van der Waals surface area contributed by atoms with Crippen molar-refractivity contribution in [3.05, 3.63) is 41.0 Å². The van der Waals surface area contributed by atoms with Crippen LogP contribution in [0.1, 0.15) is 11.1 Å². The van der Waals surface area contributed by atoms with Crippen molar-refractivity contribution in [2.24, 2.45) is 5.73 Å². The highest BCUT2D eigenvalue weighted by Crippen LogP contribution is 2.29. The predicted molar refractivity (Wildman–Crippen MR) is 54.5 cm³/mol. The topological polar surface area (TPSA) is 83.6 Å². The van der Waals surface area contributed by atoms with Crippen molar-refractivity contribution in [2.45, 2.75) is 12.2 Å². The van der Waals surface area contributed by atoms with Crippen LogP contribution < -0.4 is 5.73 Å². The van der Waals surface area contributed by atoms with Crippen LogP contribution in [-0.4, -0.2) is 21.9 Å². The van der Waals surface area contributed by atoms with Gasteiger partial charge in [0.2, 0.25) is 5.91 Å². The Balaban J connectivity index is 2.57. The van der Waals surface area contributed by atoms with Gasteiger partial charge in [-0.2, -0.15) is 0 Å². The lowest BCUT2D eigenvalue weighted by Gasteiger charge is -2.28. The number of amides is 1. The van der Waals surface area contributed by atoms with Crippen molar-refractivity contribution < 1.29 is 15.0 Å². The first-order valence-electron chi connectivity index (χ1n) is 4.55. The summed E-state index contributed by atoms with van der Waals surface area (Å²) < 4.78 is 0. The van der Waals surface area contributed by atoms with Crippen LogP contribution in [0.3, 0.4) is 0 Å². The molecule has 1 aromatic rings. The molecule has 1 aromatic carbocycles. The second-order valence-electron chi connectivity index (χ2n) is 3.61. The normalized spacial score (nSPS) is 17.9. The summed E-state index contributed by atoms with van der Waals surface area (Å²) in [5.41, 5.74) is 6.49. The molecule has 0 radical (unpaired) electrons. The van der Waals surface area contributed by atoms with Crippen LogP contribution in [0.25, 0.3) is 6.08 Å². The Kier molecular flexibility index (Phi) is 2.10. The zero-order valence-corrected chi connectivity index (χ0v) is 7.97. The molecule has 0 aliphatic heterocycles. The molecule has 0 fully saturated rings. The molecule has 15 heavy (non-hydrogen) atoms. The third-order valence-corrected chi connectivity index (χ3v) is 2.49. The fraction of sp³-hybridized carbons (Fsp3) is 0.182. The van der Waals surface area contributed by atoms with Crippen molar-refractivity contribution in [3.8, 4) is 0 Å². The van der Waals surface area contributed by atoms with E-state index in [1.807, 2.05) is 6.07 Å². The van der Waals surface area contributed by atoms with E-state index < -0.39 is 11.7 Å². The molecule has 0 unspecified atom stereocenters. The number of hydrogen-bond donors (Lipinski definition) is 3. The molecule has 78 valence electrons. The fourth-order valence-electron chi connectivity index (χ4n) is 1.74. The molecule has 1 aliphatic rings. The smallest absolute Gasteiger partial charge is 0.250 e. The van der Waals surface area contributed by atoms with Crippen LogP contribution in [0.2, 0.25) is 0 Å². The summed E-state index contributed by atoms with van der Waals surface area (Å²) in [6.07, 6.45) is 1.40. The summed E-state index contributed by atoms with van der Waals surface area (Å²) in [4.78, 5) is 11.0. The maximum atomic E-state index is 11.0. The molecule has 0 atom stereocenters. The SMILES string of the molecule is NC(=O)C1=Cc2ccccc2CC1(O)O. The summed E-state index contributed by atoms with van der Waals surface area (Å²) >= 11 is 0. The summed E-state index contributed by atoms with van der Waals surface area (Å²) in [5.74, 6) is -2.96. The minimum Gasteiger partial charge on any atom is -0.366 e. The van der Waals surface area contributed by atoms with E-state index in [9.17, 15) is 15.0 Å². The number of aliphatic hydroxyl groups is 2. The second-order valence-corrected chi connectivity index (χ2v) is 3.61. The number of benzene rings is 1. The van der Waals surface area contributed by atoms with Gasteiger partial charge in [-0.15, -0.1) is 0 Å². The lowest BCUT2D eigenvalue weighted by molar-refractivity contribution is -0.140. The molecule has 1 amide bonds. The summed E-state index contributed by atoms with van der Waals surface area (Å²) in [6, 6.07) is 7.20. The van der Waals surface area contributed by atoms with Crippen molar-refractivity contribution in [1.29, 1.82) is 0 Å². The molecular formula is C11H11NO3. The molecule has 0 saturated carbocycles. The number of carbonyl (C=O) groups excluding carboxylic acids is 1. The predicted octanol–water partition coefficient (Wildman–Crippen LogP) is -0.208. The van der Waals surface area contributed by atoms with Crippen LogP contribution in [-0.2, 0) is 11.2 Å². The van der Waals surface area contributed by atoms with Crippen LogP contribution in [0.15, 0.2) is 29.8 Å². The van der Waals surface area contributed by atoms with E-state index in [2.05, 4.69) is 0 Å². The quantitative estimate of drug-likeness (QED) is 0.555. The van der Waals surface area contributed by atoms with E-state index in [0.717, 1.165) is 11.1 Å².